The molecule has 10 nitrogen and oxygen atoms in total. The van der Waals surface area contributed by atoms with Gasteiger partial charge in [0.25, 0.3) is 10.1 Å². The van der Waals surface area contributed by atoms with Gasteiger partial charge in [0, 0.05) is 19.3 Å². The summed E-state index contributed by atoms with van der Waals surface area (Å²) >= 11 is 0. The summed E-state index contributed by atoms with van der Waals surface area (Å²) in [5.41, 5.74) is 0.718. The average Bonchev–Trinajstić information content (AvgIpc) is 2.99. The number of nitrogens with zero attached hydrogens (tertiary/aromatic N) is 4. The molecule has 1 saturated carbocycles. The van der Waals surface area contributed by atoms with Crippen LogP contribution in [0.3, 0.4) is 0 Å². The molecule has 2 heterocycles. The summed E-state index contributed by atoms with van der Waals surface area (Å²) in [5, 5.41) is 0.867. The molecule has 1 fully saturated rings. The molecule has 1 N–H and O–H groups in total. The lowest BCUT2D eigenvalue weighted by Gasteiger charge is -2.44. The van der Waals surface area contributed by atoms with Gasteiger partial charge in [0.2, 0.25) is 10.0 Å². The molecule has 0 amide bonds. The Morgan fingerprint density at radius 1 is 1.22 bits per heavy atom. The normalized spacial score (nSPS) is 20.7. The van der Waals surface area contributed by atoms with Gasteiger partial charge >= 0.3 is 0 Å². The molecule has 2 aromatic rings. The number of anilines is 1. The van der Waals surface area contributed by atoms with Crippen LogP contribution in [0.1, 0.15) is 26.2 Å². The van der Waals surface area contributed by atoms with Gasteiger partial charge in [0.1, 0.15) is 17.8 Å². The van der Waals surface area contributed by atoms with Crippen LogP contribution in [0.25, 0.3) is 11.0 Å². The zero-order valence-electron chi connectivity index (χ0n) is 15.4. The number of aromatic nitrogens is 3. The second kappa shape index (κ2) is 7.34. The number of sulfonamides is 1. The first-order chi connectivity index (χ1) is 12.6. The molecule has 0 radical (unpaired) electrons. The fraction of sp³-hybridized carbons (Fsp3) is 0.600. The van der Waals surface area contributed by atoms with Gasteiger partial charge in [0.05, 0.1) is 23.4 Å². The molecule has 0 unspecified atom stereocenters. The summed E-state index contributed by atoms with van der Waals surface area (Å²) in [6.45, 7) is 1.71. The van der Waals surface area contributed by atoms with Gasteiger partial charge in [-0.25, -0.2) is 18.4 Å². The largest absolute Gasteiger partial charge is 0.356 e. The number of rotatable bonds is 8. The molecular weight excluding hydrogens is 394 g/mol. The maximum absolute atomic E-state index is 12.4. The Morgan fingerprint density at radius 2 is 1.93 bits per heavy atom. The predicted octanol–water partition coefficient (Wildman–Crippen LogP) is 0.858. The first-order valence-electron chi connectivity index (χ1n) is 8.55. The second-order valence-electron chi connectivity index (χ2n) is 6.68. The van der Waals surface area contributed by atoms with Crippen molar-refractivity contribution in [3.05, 3.63) is 18.6 Å². The number of nitrogens with one attached hydrogen (secondary N) is 1. The van der Waals surface area contributed by atoms with Gasteiger partial charge < -0.3 is 9.88 Å². The Morgan fingerprint density at radius 3 is 2.56 bits per heavy atom. The molecule has 0 spiro atoms. The van der Waals surface area contributed by atoms with Gasteiger partial charge in [-0.1, -0.05) is 11.4 Å². The summed E-state index contributed by atoms with van der Waals surface area (Å²) in [6.07, 6.45) is 5.32. The zero-order valence-corrected chi connectivity index (χ0v) is 17.0. The Balaban J connectivity index is 1.76. The predicted molar refractivity (Wildman–Crippen MR) is 101 cm³/mol. The van der Waals surface area contributed by atoms with E-state index in [4.69, 9.17) is 4.28 Å². The summed E-state index contributed by atoms with van der Waals surface area (Å²) in [5.74, 6) is 0.562. The molecule has 0 atom stereocenters. The van der Waals surface area contributed by atoms with Crippen LogP contribution in [-0.4, -0.2) is 67.4 Å². The van der Waals surface area contributed by atoms with Crippen molar-refractivity contribution in [1.82, 2.24) is 19.4 Å². The minimum absolute atomic E-state index is 0.00508. The highest BCUT2D eigenvalue weighted by molar-refractivity contribution is 7.90. The maximum atomic E-state index is 12.4. The SMILES string of the molecule is CCCS(=O)(=O)N(OS(C)(=O)=O)C1CC(N(C)c2ncnc3[nH]ccc23)C1. The van der Waals surface area contributed by atoms with Crippen molar-refractivity contribution >= 4 is 37.0 Å². The fourth-order valence-electron chi connectivity index (χ4n) is 3.18. The summed E-state index contributed by atoms with van der Waals surface area (Å²) in [6, 6.07) is 1.35. The van der Waals surface area contributed by atoms with E-state index in [0.29, 0.717) is 23.7 Å². The van der Waals surface area contributed by atoms with Crippen molar-refractivity contribution in [2.45, 2.75) is 38.3 Å². The first-order valence-corrected chi connectivity index (χ1v) is 12.0. The molecule has 150 valence electrons. The van der Waals surface area contributed by atoms with Gasteiger partial charge in [-0.05, 0) is 25.3 Å². The lowest BCUT2D eigenvalue weighted by molar-refractivity contribution is -0.0314. The molecule has 12 heteroatoms. The van der Waals surface area contributed by atoms with E-state index in [2.05, 4.69) is 15.0 Å². The van der Waals surface area contributed by atoms with E-state index in [9.17, 15) is 16.8 Å². The summed E-state index contributed by atoms with van der Waals surface area (Å²) < 4.78 is 53.4. The number of hydrogen-bond donors (Lipinski definition) is 1. The first kappa shape index (κ1) is 20.0. The molecule has 2 aromatic heterocycles. The molecule has 27 heavy (non-hydrogen) atoms. The molecule has 0 aromatic carbocycles. The lowest BCUT2D eigenvalue weighted by atomic mass is 9.86. The monoisotopic (exact) mass is 417 g/mol. The standard InChI is InChI=1S/C15H23N5O5S2/c1-4-7-27(23,24)20(25-26(3,21)22)12-8-11(9-12)19(2)15-13-5-6-16-14(13)17-10-18-15/h5-6,10-12H,4,7-9H2,1-3H3,(H,16,17,18). The van der Waals surface area contributed by atoms with E-state index in [-0.39, 0.29) is 11.8 Å². The van der Waals surface area contributed by atoms with Crippen molar-refractivity contribution < 1.29 is 21.1 Å². The van der Waals surface area contributed by atoms with Gasteiger partial charge in [-0.3, -0.25) is 0 Å². The zero-order chi connectivity index (χ0) is 19.8. The Labute approximate surface area is 158 Å². The highest BCUT2D eigenvalue weighted by Crippen LogP contribution is 2.35. The van der Waals surface area contributed by atoms with Crippen LogP contribution in [0.2, 0.25) is 0 Å². The van der Waals surface area contributed by atoms with Crippen LogP contribution in [0, 0.1) is 0 Å². The summed E-state index contributed by atoms with van der Waals surface area (Å²) in [7, 11) is -5.90. The number of aromatic amines is 1. The Kier molecular flexibility index (Phi) is 5.43. The Hall–Kier alpha value is -1.76. The van der Waals surface area contributed by atoms with Crippen LogP contribution < -0.4 is 4.90 Å². The highest BCUT2D eigenvalue weighted by Gasteiger charge is 2.44. The molecular formula is C15H23N5O5S2. The van der Waals surface area contributed by atoms with Crippen molar-refractivity contribution in [3.63, 3.8) is 0 Å². The smallest absolute Gasteiger partial charge is 0.281 e. The van der Waals surface area contributed by atoms with E-state index in [0.717, 1.165) is 23.1 Å². The Bertz CT molecular complexity index is 1010. The minimum atomic E-state index is -3.95. The topological polar surface area (TPSA) is 126 Å². The van der Waals surface area contributed by atoms with Gasteiger partial charge in [-0.15, -0.1) is 0 Å². The van der Waals surface area contributed by atoms with Crippen LogP contribution in [0.4, 0.5) is 5.82 Å². The molecule has 1 aliphatic carbocycles. The highest BCUT2D eigenvalue weighted by atomic mass is 32.2. The van der Waals surface area contributed by atoms with Crippen molar-refractivity contribution in [3.8, 4) is 0 Å². The van der Waals surface area contributed by atoms with E-state index < -0.39 is 26.2 Å². The van der Waals surface area contributed by atoms with Crippen LogP contribution >= 0.6 is 0 Å². The quantitative estimate of drug-likeness (QED) is 0.627. The number of H-pyrrole nitrogens is 1. The molecule has 0 bridgehead atoms. The second-order valence-corrected chi connectivity index (χ2v) is 10.2. The van der Waals surface area contributed by atoms with Crippen LogP contribution in [0.15, 0.2) is 18.6 Å². The van der Waals surface area contributed by atoms with Crippen molar-refractivity contribution in [2.75, 3.05) is 24.0 Å². The fourth-order valence-corrected chi connectivity index (χ4v) is 5.59. The molecule has 0 saturated heterocycles. The van der Waals surface area contributed by atoms with E-state index in [1.165, 1.54) is 6.33 Å². The van der Waals surface area contributed by atoms with Gasteiger partial charge in [-0.2, -0.15) is 12.7 Å². The van der Waals surface area contributed by atoms with Crippen molar-refractivity contribution in [2.24, 2.45) is 0 Å². The number of fused-ring (bicyclic) bond motifs is 1. The van der Waals surface area contributed by atoms with Crippen LogP contribution in [-0.2, 0) is 24.4 Å². The summed E-state index contributed by atoms with van der Waals surface area (Å²) in [4.78, 5) is 13.5. The molecule has 3 rings (SSSR count). The van der Waals surface area contributed by atoms with Crippen molar-refractivity contribution in [1.29, 1.82) is 0 Å². The number of hydrogen-bond acceptors (Lipinski definition) is 8. The minimum Gasteiger partial charge on any atom is -0.356 e. The van der Waals surface area contributed by atoms with E-state index >= 15 is 0 Å². The molecule has 0 aliphatic heterocycles. The van der Waals surface area contributed by atoms with Gasteiger partial charge in [0.15, 0.2) is 0 Å². The lowest BCUT2D eigenvalue weighted by Crippen LogP contribution is -2.55. The number of hydroxylamine groups is 1. The average molecular weight is 418 g/mol. The molecule has 1 aliphatic rings. The third kappa shape index (κ3) is 4.23. The van der Waals surface area contributed by atoms with E-state index in [1.807, 2.05) is 18.0 Å². The van der Waals surface area contributed by atoms with E-state index in [1.54, 1.807) is 13.1 Å². The van der Waals surface area contributed by atoms with Crippen LogP contribution in [0.5, 0.6) is 0 Å². The maximum Gasteiger partial charge on any atom is 0.281 e. The third-order valence-electron chi connectivity index (χ3n) is 4.55. The third-order valence-corrected chi connectivity index (χ3v) is 6.92.